The van der Waals surface area contributed by atoms with Gasteiger partial charge in [0, 0.05) is 0 Å². The van der Waals surface area contributed by atoms with Crippen molar-refractivity contribution in [2.45, 2.75) is 79.5 Å². The van der Waals surface area contributed by atoms with Crippen molar-refractivity contribution in [1.29, 1.82) is 0 Å². The molecule has 0 saturated heterocycles. The molecular formula is C19H36O2Sn. The summed E-state index contributed by atoms with van der Waals surface area (Å²) in [5.74, 6) is -0.233. The van der Waals surface area contributed by atoms with Gasteiger partial charge in [0.05, 0.1) is 0 Å². The Morgan fingerprint density at radius 1 is 0.864 bits per heavy atom. The van der Waals surface area contributed by atoms with Crippen LogP contribution in [-0.2, 0) is 9.53 Å². The van der Waals surface area contributed by atoms with Crippen LogP contribution in [0.4, 0.5) is 0 Å². The van der Waals surface area contributed by atoms with Crippen molar-refractivity contribution in [3.05, 3.63) is 22.3 Å². The Kier molecular flexibility index (Phi) is 14.2. The average molecular weight is 415 g/mol. The summed E-state index contributed by atoms with van der Waals surface area (Å²) in [6, 6.07) is 0. The van der Waals surface area contributed by atoms with Gasteiger partial charge in [-0.25, -0.2) is 0 Å². The molecule has 0 aromatic heterocycles. The molecule has 0 unspecified atom stereocenters. The molecule has 0 heterocycles. The number of hydrogen-bond acceptors (Lipinski definition) is 2. The Morgan fingerprint density at radius 3 is 1.77 bits per heavy atom. The Labute approximate surface area is 142 Å². The minimum absolute atomic E-state index is 0.233. The van der Waals surface area contributed by atoms with Crippen molar-refractivity contribution >= 4 is 24.3 Å². The third-order valence-corrected chi connectivity index (χ3v) is 18.3. The van der Waals surface area contributed by atoms with E-state index in [1.807, 2.05) is 13.0 Å². The van der Waals surface area contributed by atoms with E-state index in [4.69, 9.17) is 4.74 Å². The third-order valence-electron chi connectivity index (χ3n) is 4.16. The summed E-state index contributed by atoms with van der Waals surface area (Å²) in [6.07, 6.45) is 13.6. The van der Waals surface area contributed by atoms with Crippen molar-refractivity contribution in [2.24, 2.45) is 0 Å². The van der Waals surface area contributed by atoms with E-state index < -0.39 is 18.4 Å². The van der Waals surface area contributed by atoms with E-state index in [0.717, 1.165) is 0 Å². The molecule has 0 aliphatic carbocycles. The first-order chi connectivity index (χ1) is 10.6. The third kappa shape index (κ3) is 10.5. The van der Waals surface area contributed by atoms with Gasteiger partial charge < -0.3 is 0 Å². The van der Waals surface area contributed by atoms with E-state index in [-0.39, 0.29) is 5.97 Å². The second-order valence-electron chi connectivity index (χ2n) is 6.14. The Balaban J connectivity index is 4.86. The fourth-order valence-electron chi connectivity index (χ4n) is 2.80. The van der Waals surface area contributed by atoms with E-state index in [9.17, 15) is 4.79 Å². The molecule has 3 heteroatoms. The summed E-state index contributed by atoms with van der Waals surface area (Å²) in [4.78, 5) is 11.4. The van der Waals surface area contributed by atoms with Gasteiger partial charge in [0.1, 0.15) is 0 Å². The molecule has 0 atom stereocenters. The van der Waals surface area contributed by atoms with Gasteiger partial charge in [-0.3, -0.25) is 0 Å². The first-order valence-corrected chi connectivity index (χ1v) is 16.9. The van der Waals surface area contributed by atoms with Gasteiger partial charge in [-0.1, -0.05) is 0 Å². The molecule has 0 aliphatic heterocycles. The van der Waals surface area contributed by atoms with Crippen LogP contribution in [0.1, 0.15) is 66.2 Å². The number of carbonyl (C=O) groups excluding carboxylic acids is 1. The van der Waals surface area contributed by atoms with Gasteiger partial charge in [0.15, 0.2) is 0 Å². The molecule has 0 radical (unpaired) electrons. The van der Waals surface area contributed by atoms with Crippen molar-refractivity contribution in [2.75, 3.05) is 6.61 Å². The number of carbonyl (C=O) groups is 1. The molecule has 0 bridgehead atoms. The van der Waals surface area contributed by atoms with Crippen molar-refractivity contribution in [3.63, 3.8) is 0 Å². The van der Waals surface area contributed by atoms with E-state index >= 15 is 0 Å². The summed E-state index contributed by atoms with van der Waals surface area (Å²) in [5.41, 5.74) is 0. The van der Waals surface area contributed by atoms with E-state index in [1.54, 1.807) is 6.08 Å². The van der Waals surface area contributed by atoms with E-state index in [1.165, 1.54) is 51.8 Å². The van der Waals surface area contributed by atoms with Crippen LogP contribution in [0.3, 0.4) is 0 Å². The Bertz CT molecular complexity index is 313. The maximum atomic E-state index is 11.4. The zero-order valence-electron chi connectivity index (χ0n) is 15.2. The van der Waals surface area contributed by atoms with Crippen molar-refractivity contribution < 1.29 is 9.53 Å². The predicted octanol–water partition coefficient (Wildman–Crippen LogP) is 6.05. The Hall–Kier alpha value is -0.251. The summed E-state index contributed by atoms with van der Waals surface area (Å²) in [6.45, 7) is 9.16. The first-order valence-electron chi connectivity index (χ1n) is 9.16. The van der Waals surface area contributed by atoms with Crippen LogP contribution in [-0.4, -0.2) is 31.0 Å². The molecule has 0 aromatic rings. The SMILES string of the molecule is CCC[CH2][Sn](/[CH]=C\C=C\C(=O)OCC)([CH2]CCC)[CH2]CCC. The van der Waals surface area contributed by atoms with Crippen molar-refractivity contribution in [3.8, 4) is 0 Å². The quantitative estimate of drug-likeness (QED) is 0.158. The fraction of sp³-hybridized carbons (Fsp3) is 0.737. The van der Waals surface area contributed by atoms with Gasteiger partial charge >= 0.3 is 142 Å². The monoisotopic (exact) mass is 416 g/mol. The van der Waals surface area contributed by atoms with Crippen LogP contribution in [0, 0.1) is 0 Å². The molecule has 128 valence electrons. The zero-order chi connectivity index (χ0) is 16.7. The normalized spacial score (nSPS) is 12.4. The molecule has 0 fully saturated rings. The first kappa shape index (κ1) is 21.7. The van der Waals surface area contributed by atoms with Crippen LogP contribution >= 0.6 is 0 Å². The van der Waals surface area contributed by atoms with Gasteiger partial charge in [-0.15, -0.1) is 0 Å². The number of allylic oxidation sites excluding steroid dienone is 2. The number of esters is 1. The topological polar surface area (TPSA) is 26.3 Å². The second kappa shape index (κ2) is 14.3. The summed E-state index contributed by atoms with van der Waals surface area (Å²) in [5, 5.41) is 0. The molecule has 0 rings (SSSR count). The standard InChI is InChI=1S/C7H9O2.3C4H9.Sn/c1-3-5-6-7(8)9-4-2;3*1-3-4-2;/h1,3,5-6H,4H2,2H3;3*1,3-4H2,2H3;/b3-1?,6-5+;;;;. The van der Waals surface area contributed by atoms with Crippen molar-refractivity contribution in [1.82, 2.24) is 0 Å². The molecule has 22 heavy (non-hydrogen) atoms. The van der Waals surface area contributed by atoms with E-state index in [0.29, 0.717) is 6.61 Å². The number of ether oxygens (including phenoxy) is 1. The zero-order valence-corrected chi connectivity index (χ0v) is 18.1. The van der Waals surface area contributed by atoms with Crippen LogP contribution in [0.25, 0.3) is 0 Å². The summed E-state index contributed by atoms with van der Waals surface area (Å²) < 4.78 is 11.9. The molecule has 0 N–H and O–H groups in total. The number of rotatable bonds is 13. The fourth-order valence-corrected chi connectivity index (χ4v) is 16.9. The van der Waals surface area contributed by atoms with Crippen LogP contribution in [0.5, 0.6) is 0 Å². The molecule has 0 spiro atoms. The average Bonchev–Trinajstić information content (AvgIpc) is 2.52. The molecule has 0 saturated carbocycles. The number of hydrogen-bond donors (Lipinski definition) is 0. The molecule has 0 aliphatic rings. The minimum atomic E-state index is -2.17. The van der Waals surface area contributed by atoms with Crippen LogP contribution in [0.15, 0.2) is 22.3 Å². The maximum absolute atomic E-state index is 11.4. The predicted molar refractivity (Wildman–Crippen MR) is 99.8 cm³/mol. The van der Waals surface area contributed by atoms with Gasteiger partial charge in [0.2, 0.25) is 0 Å². The summed E-state index contributed by atoms with van der Waals surface area (Å²) >= 11 is -2.17. The van der Waals surface area contributed by atoms with Gasteiger partial charge in [0.25, 0.3) is 0 Å². The molecule has 0 aromatic carbocycles. The second-order valence-corrected chi connectivity index (χ2v) is 19.2. The van der Waals surface area contributed by atoms with Crippen LogP contribution in [0.2, 0.25) is 13.3 Å². The number of unbranched alkanes of at least 4 members (excludes halogenated alkanes) is 3. The van der Waals surface area contributed by atoms with Crippen LogP contribution < -0.4 is 0 Å². The Morgan fingerprint density at radius 2 is 1.36 bits per heavy atom. The molecule has 0 amide bonds. The van der Waals surface area contributed by atoms with Gasteiger partial charge in [-0.05, 0) is 0 Å². The van der Waals surface area contributed by atoms with E-state index in [2.05, 4.69) is 30.9 Å². The summed E-state index contributed by atoms with van der Waals surface area (Å²) in [7, 11) is 0. The molecule has 2 nitrogen and oxygen atoms in total. The molecular weight excluding hydrogens is 379 g/mol. The van der Waals surface area contributed by atoms with Gasteiger partial charge in [-0.2, -0.15) is 0 Å².